The molecular formula is C24H22O5. The molecular weight excluding hydrogens is 368 g/mol. The molecule has 5 heteroatoms. The highest BCUT2D eigenvalue weighted by atomic mass is 16.5. The van der Waals surface area contributed by atoms with Gasteiger partial charge in [0.1, 0.15) is 23.4 Å². The van der Waals surface area contributed by atoms with E-state index in [0.717, 1.165) is 16.9 Å². The van der Waals surface area contributed by atoms with Crippen LogP contribution in [0.1, 0.15) is 43.6 Å². The third-order valence-corrected chi connectivity index (χ3v) is 4.78. The van der Waals surface area contributed by atoms with Crippen LogP contribution in [0.15, 0.2) is 59.9 Å². The number of para-hydroxylation sites is 1. The Morgan fingerprint density at radius 3 is 2.62 bits per heavy atom. The summed E-state index contributed by atoms with van der Waals surface area (Å²) in [4.78, 5) is 24.8. The smallest absolute Gasteiger partial charge is 0.316 e. The molecule has 2 aromatic carbocycles. The van der Waals surface area contributed by atoms with Crippen LogP contribution in [0.4, 0.5) is 0 Å². The Morgan fingerprint density at radius 1 is 1.10 bits per heavy atom. The van der Waals surface area contributed by atoms with Gasteiger partial charge in [0.25, 0.3) is 0 Å². The van der Waals surface area contributed by atoms with Gasteiger partial charge in [-0.1, -0.05) is 18.2 Å². The summed E-state index contributed by atoms with van der Waals surface area (Å²) in [6.45, 7) is 7.27. The number of allylic oxidation sites excluding steroid dienone is 1. The van der Waals surface area contributed by atoms with E-state index in [9.17, 15) is 9.59 Å². The quantitative estimate of drug-likeness (QED) is 0.412. The molecule has 2 aromatic rings. The molecule has 2 aliphatic rings. The Morgan fingerprint density at radius 2 is 1.86 bits per heavy atom. The maximum atomic E-state index is 12.7. The highest BCUT2D eigenvalue weighted by Gasteiger charge is 2.30. The Labute approximate surface area is 169 Å². The average molecular weight is 390 g/mol. The normalized spacial score (nSPS) is 19.0. The standard InChI is InChI=1S/C24H22O5/c1-14-16(11-15-7-5-6-8-19(15)27-14)12-21-22(25)18-10-9-17(13-20(18)29-21)28-23(26)24(2,3)4/h5-14H,1-4H3/b21-12-/t14-/m0/s1. The lowest BCUT2D eigenvalue weighted by atomic mass is 9.97. The van der Waals surface area contributed by atoms with Crippen molar-refractivity contribution in [3.05, 3.63) is 71.0 Å². The van der Waals surface area contributed by atoms with E-state index in [1.165, 1.54) is 0 Å². The van der Waals surface area contributed by atoms with Crippen molar-refractivity contribution >= 4 is 17.8 Å². The molecule has 4 rings (SSSR count). The van der Waals surface area contributed by atoms with Crippen LogP contribution in [-0.4, -0.2) is 17.9 Å². The molecule has 2 heterocycles. The number of carbonyl (C=O) groups is 2. The van der Waals surface area contributed by atoms with Crippen LogP contribution >= 0.6 is 0 Å². The zero-order valence-corrected chi connectivity index (χ0v) is 16.8. The van der Waals surface area contributed by atoms with Crippen molar-refractivity contribution < 1.29 is 23.8 Å². The highest BCUT2D eigenvalue weighted by molar-refractivity contribution is 6.12. The van der Waals surface area contributed by atoms with Crippen molar-refractivity contribution in [2.45, 2.75) is 33.8 Å². The first-order valence-electron chi connectivity index (χ1n) is 9.50. The van der Waals surface area contributed by atoms with Crippen molar-refractivity contribution in [2.75, 3.05) is 0 Å². The molecule has 0 saturated carbocycles. The minimum absolute atomic E-state index is 0.208. The molecule has 1 atom stereocenters. The largest absolute Gasteiger partial charge is 0.485 e. The first-order chi connectivity index (χ1) is 13.7. The van der Waals surface area contributed by atoms with Gasteiger partial charge < -0.3 is 14.2 Å². The van der Waals surface area contributed by atoms with Gasteiger partial charge in [0.2, 0.25) is 5.78 Å². The van der Waals surface area contributed by atoms with Crippen LogP contribution in [-0.2, 0) is 4.79 Å². The predicted octanol–water partition coefficient (Wildman–Crippen LogP) is 4.96. The molecule has 2 aliphatic heterocycles. The number of ether oxygens (including phenoxy) is 3. The van der Waals surface area contributed by atoms with Gasteiger partial charge in [0, 0.05) is 11.6 Å². The van der Waals surface area contributed by atoms with Gasteiger partial charge in [-0.15, -0.1) is 0 Å². The lowest BCUT2D eigenvalue weighted by Crippen LogP contribution is -2.25. The molecule has 148 valence electrons. The number of hydrogen-bond donors (Lipinski definition) is 0. The number of carbonyl (C=O) groups excluding carboxylic acids is 2. The molecule has 29 heavy (non-hydrogen) atoms. The molecule has 0 N–H and O–H groups in total. The van der Waals surface area contributed by atoms with Crippen LogP contribution in [0.5, 0.6) is 17.2 Å². The highest BCUT2D eigenvalue weighted by Crippen LogP contribution is 2.37. The van der Waals surface area contributed by atoms with E-state index in [1.54, 1.807) is 45.0 Å². The maximum absolute atomic E-state index is 12.7. The first kappa shape index (κ1) is 19.0. The zero-order valence-electron chi connectivity index (χ0n) is 16.8. The summed E-state index contributed by atoms with van der Waals surface area (Å²) in [6.07, 6.45) is 3.50. The van der Waals surface area contributed by atoms with Crippen molar-refractivity contribution in [3.8, 4) is 17.2 Å². The fourth-order valence-electron chi connectivity index (χ4n) is 3.06. The summed E-state index contributed by atoms with van der Waals surface area (Å²) in [6, 6.07) is 12.5. The summed E-state index contributed by atoms with van der Waals surface area (Å²) < 4.78 is 17.1. The number of Topliss-reactive ketones (excluding diaryl/α,β-unsaturated/α-hetero) is 1. The number of esters is 1. The van der Waals surface area contributed by atoms with Gasteiger partial charge in [-0.05, 0) is 63.6 Å². The van der Waals surface area contributed by atoms with E-state index >= 15 is 0 Å². The van der Waals surface area contributed by atoms with Gasteiger partial charge in [-0.3, -0.25) is 9.59 Å². The molecule has 0 saturated heterocycles. The fraction of sp³-hybridized carbons (Fsp3) is 0.250. The second-order valence-electron chi connectivity index (χ2n) is 8.18. The summed E-state index contributed by atoms with van der Waals surface area (Å²) >= 11 is 0. The van der Waals surface area contributed by atoms with Crippen LogP contribution in [0.2, 0.25) is 0 Å². The molecule has 0 fully saturated rings. The van der Waals surface area contributed by atoms with Crippen LogP contribution < -0.4 is 14.2 Å². The number of benzene rings is 2. The Bertz CT molecular complexity index is 1070. The molecule has 0 bridgehead atoms. The number of ketones is 1. The summed E-state index contributed by atoms with van der Waals surface area (Å²) in [5, 5.41) is 0. The maximum Gasteiger partial charge on any atom is 0.316 e. The summed E-state index contributed by atoms with van der Waals surface area (Å²) in [5.74, 6) is 1.20. The van der Waals surface area contributed by atoms with Gasteiger partial charge in [0.15, 0.2) is 5.76 Å². The van der Waals surface area contributed by atoms with Crippen molar-refractivity contribution in [1.82, 2.24) is 0 Å². The fourth-order valence-corrected chi connectivity index (χ4v) is 3.06. The Hall–Kier alpha value is -3.34. The van der Waals surface area contributed by atoms with E-state index in [4.69, 9.17) is 14.2 Å². The molecule has 0 aliphatic carbocycles. The second-order valence-corrected chi connectivity index (χ2v) is 8.18. The van der Waals surface area contributed by atoms with Crippen LogP contribution in [0.3, 0.4) is 0 Å². The van der Waals surface area contributed by atoms with E-state index in [2.05, 4.69) is 0 Å². The summed E-state index contributed by atoms with van der Waals surface area (Å²) in [7, 11) is 0. The molecule has 0 amide bonds. The van der Waals surface area contributed by atoms with Crippen molar-refractivity contribution in [2.24, 2.45) is 5.41 Å². The van der Waals surface area contributed by atoms with E-state index in [-0.39, 0.29) is 23.6 Å². The summed E-state index contributed by atoms with van der Waals surface area (Å²) in [5.41, 5.74) is 1.62. The second kappa shape index (κ2) is 6.92. The third-order valence-electron chi connectivity index (χ3n) is 4.78. The topological polar surface area (TPSA) is 61.8 Å². The lowest BCUT2D eigenvalue weighted by Gasteiger charge is -2.22. The SMILES string of the molecule is C[C@@H]1Oc2ccccc2C=C1/C=C1\Oc2cc(OC(=O)C(C)(C)C)ccc2C1=O. The lowest BCUT2D eigenvalue weighted by molar-refractivity contribution is -0.143. The van der Waals surface area contributed by atoms with Gasteiger partial charge in [-0.2, -0.15) is 0 Å². The molecule has 5 nitrogen and oxygen atoms in total. The first-order valence-corrected chi connectivity index (χ1v) is 9.50. The molecule has 0 aromatic heterocycles. The minimum atomic E-state index is -0.624. The number of rotatable bonds is 2. The average Bonchev–Trinajstić information content (AvgIpc) is 2.96. The zero-order chi connectivity index (χ0) is 20.8. The molecule has 0 radical (unpaired) electrons. The minimum Gasteiger partial charge on any atom is -0.485 e. The molecule has 0 unspecified atom stereocenters. The van der Waals surface area contributed by atoms with Gasteiger partial charge in [0.05, 0.1) is 11.0 Å². The van der Waals surface area contributed by atoms with Gasteiger partial charge >= 0.3 is 5.97 Å². The van der Waals surface area contributed by atoms with Crippen LogP contribution in [0.25, 0.3) is 6.08 Å². The van der Waals surface area contributed by atoms with Gasteiger partial charge in [-0.25, -0.2) is 0 Å². The van der Waals surface area contributed by atoms with Crippen LogP contribution in [0, 0.1) is 5.41 Å². The van der Waals surface area contributed by atoms with Crippen molar-refractivity contribution in [1.29, 1.82) is 0 Å². The van der Waals surface area contributed by atoms with E-state index < -0.39 is 5.41 Å². The third kappa shape index (κ3) is 3.68. The molecule has 0 spiro atoms. The van der Waals surface area contributed by atoms with Crippen molar-refractivity contribution in [3.63, 3.8) is 0 Å². The Balaban J connectivity index is 1.60. The van der Waals surface area contributed by atoms with E-state index in [1.807, 2.05) is 37.3 Å². The monoisotopic (exact) mass is 390 g/mol. The number of hydrogen-bond acceptors (Lipinski definition) is 5. The predicted molar refractivity (Wildman–Crippen MR) is 109 cm³/mol. The number of fused-ring (bicyclic) bond motifs is 2. The Kier molecular flexibility index (Phi) is 4.53. The van der Waals surface area contributed by atoms with E-state index in [0.29, 0.717) is 17.1 Å².